The Morgan fingerprint density at radius 3 is 2.69 bits per heavy atom. The van der Waals surface area contributed by atoms with Gasteiger partial charge in [-0.25, -0.2) is 9.59 Å². The van der Waals surface area contributed by atoms with Crippen LogP contribution < -0.4 is 10.6 Å². The number of carbonyl (C=O) groups is 3. The van der Waals surface area contributed by atoms with Crippen molar-refractivity contribution in [3.63, 3.8) is 0 Å². The van der Waals surface area contributed by atoms with Gasteiger partial charge in [0.25, 0.3) is 5.91 Å². The van der Waals surface area contributed by atoms with E-state index in [1.54, 1.807) is 30.5 Å². The highest BCUT2D eigenvalue weighted by Crippen LogP contribution is 2.32. The van der Waals surface area contributed by atoms with Gasteiger partial charge in [-0.3, -0.25) is 9.78 Å². The maximum atomic E-state index is 12.3. The summed E-state index contributed by atoms with van der Waals surface area (Å²) in [6, 6.07) is 14.7. The summed E-state index contributed by atoms with van der Waals surface area (Å²) in [4.78, 5) is 41.2. The fraction of sp³-hybridized carbons (Fsp3) is 0.0870. The van der Waals surface area contributed by atoms with Crippen LogP contribution in [0.2, 0.25) is 5.02 Å². The average molecular weight is 533 g/mol. The van der Waals surface area contributed by atoms with Gasteiger partial charge in [0, 0.05) is 29.7 Å². The predicted octanol–water partition coefficient (Wildman–Crippen LogP) is 5.73. The first-order valence-corrected chi connectivity index (χ1v) is 11.5. The molecule has 180 valence electrons. The molecule has 3 N–H and O–H groups in total. The zero-order valence-corrected chi connectivity index (χ0v) is 20.4. The van der Waals surface area contributed by atoms with Gasteiger partial charge < -0.3 is 20.5 Å². The molecule has 12 heteroatoms. The second-order valence-corrected chi connectivity index (χ2v) is 8.57. The third-order valence-corrected chi connectivity index (χ3v) is 5.80. The van der Waals surface area contributed by atoms with Gasteiger partial charge in [0.2, 0.25) is 0 Å². The fourth-order valence-electron chi connectivity index (χ4n) is 2.87. The van der Waals surface area contributed by atoms with E-state index in [1.165, 1.54) is 18.9 Å². The maximum absolute atomic E-state index is 12.3. The van der Waals surface area contributed by atoms with Crippen LogP contribution >= 0.6 is 35.0 Å². The number of pyridine rings is 1. The Hall–Kier alpha value is -3.60. The quantitative estimate of drug-likeness (QED) is 0.286. The number of nitrogens with one attached hydrogen (secondary N) is 2. The number of halogens is 2. The van der Waals surface area contributed by atoms with Crippen molar-refractivity contribution < 1.29 is 24.2 Å². The molecule has 0 unspecified atom stereocenters. The van der Waals surface area contributed by atoms with Crippen molar-refractivity contribution in [2.75, 3.05) is 12.4 Å². The summed E-state index contributed by atoms with van der Waals surface area (Å²) in [7, 11) is 1.22. The number of carboxylic acid groups (broad SMARTS) is 1. The van der Waals surface area contributed by atoms with Crippen molar-refractivity contribution in [1.29, 1.82) is 0 Å². The first-order chi connectivity index (χ1) is 16.7. The first kappa shape index (κ1) is 26.0. The molecule has 0 bridgehead atoms. The molecule has 0 fully saturated rings. The standard InChI is InChI=1S/C21H15ClN4O3S.C2H3ClO2/c22-15-5-3-13(11-24-21(28)29)9-17(15)25-20-26-19(27)18(30-20)10-12-4-6-16-14(8-12)2-1-7-23-16;1-5-2(3)4/h1-10,24H,11H2,(H,28,29)(H,25,26,27);1H3. The topological polar surface area (TPSA) is 130 Å². The number of rotatable bonds is 4. The molecule has 0 saturated heterocycles. The molecule has 0 spiro atoms. The van der Waals surface area contributed by atoms with Crippen molar-refractivity contribution in [1.82, 2.24) is 10.3 Å². The molecule has 2 aromatic carbocycles. The number of aromatic nitrogens is 1. The van der Waals surface area contributed by atoms with Gasteiger partial charge in [0.15, 0.2) is 5.17 Å². The number of ether oxygens (including phenoxy) is 1. The van der Waals surface area contributed by atoms with Gasteiger partial charge in [-0.15, -0.1) is 0 Å². The van der Waals surface area contributed by atoms with E-state index in [2.05, 4.69) is 36.9 Å². The minimum atomic E-state index is -1.11. The minimum Gasteiger partial charge on any atom is -0.465 e. The number of amides is 2. The molecule has 1 aliphatic rings. The summed E-state index contributed by atoms with van der Waals surface area (Å²) in [5, 5.41) is 15.9. The van der Waals surface area contributed by atoms with Crippen LogP contribution in [0.4, 0.5) is 15.3 Å². The Kier molecular flexibility index (Phi) is 9.07. The number of aliphatic imine (C=N–C) groups is 1. The predicted molar refractivity (Wildman–Crippen MR) is 138 cm³/mol. The highest BCUT2D eigenvalue weighted by atomic mass is 35.5. The van der Waals surface area contributed by atoms with Crippen LogP contribution in [0.15, 0.2) is 64.6 Å². The number of anilines is 1. The lowest BCUT2D eigenvalue weighted by Gasteiger charge is -2.09. The summed E-state index contributed by atoms with van der Waals surface area (Å²) in [6.45, 7) is 0.141. The van der Waals surface area contributed by atoms with Crippen LogP contribution in [0, 0.1) is 0 Å². The Morgan fingerprint density at radius 1 is 1.20 bits per heavy atom. The van der Waals surface area contributed by atoms with E-state index in [4.69, 9.17) is 16.7 Å². The van der Waals surface area contributed by atoms with E-state index in [9.17, 15) is 14.4 Å². The molecule has 3 aromatic rings. The molecule has 35 heavy (non-hydrogen) atoms. The number of nitrogens with zero attached hydrogens (tertiary/aromatic N) is 2. The third-order valence-electron chi connectivity index (χ3n) is 4.42. The number of fused-ring (bicyclic) bond motifs is 1. The van der Waals surface area contributed by atoms with Crippen molar-refractivity contribution in [3.8, 4) is 0 Å². The number of carbonyl (C=O) groups excluding carboxylic acids is 2. The zero-order valence-electron chi connectivity index (χ0n) is 18.1. The molecule has 9 nitrogen and oxygen atoms in total. The highest BCUT2D eigenvalue weighted by Gasteiger charge is 2.22. The zero-order chi connectivity index (χ0) is 25.4. The molecule has 0 aliphatic carbocycles. The lowest BCUT2D eigenvalue weighted by Crippen LogP contribution is -2.20. The summed E-state index contributed by atoms with van der Waals surface area (Å²) < 4.78 is 3.88. The first-order valence-electron chi connectivity index (χ1n) is 9.88. The van der Waals surface area contributed by atoms with Crippen molar-refractivity contribution >= 4 is 80.2 Å². The molecule has 0 atom stereocenters. The van der Waals surface area contributed by atoms with E-state index in [0.29, 0.717) is 20.8 Å². The lowest BCUT2D eigenvalue weighted by atomic mass is 10.1. The van der Waals surface area contributed by atoms with E-state index < -0.39 is 11.5 Å². The minimum absolute atomic E-state index is 0.141. The molecule has 2 heterocycles. The molecule has 2 amide bonds. The summed E-state index contributed by atoms with van der Waals surface area (Å²) in [5.74, 6) is -0.339. The number of amidine groups is 1. The number of hydrogen-bond acceptors (Lipinski definition) is 7. The van der Waals surface area contributed by atoms with Crippen molar-refractivity contribution in [2.45, 2.75) is 6.54 Å². The van der Waals surface area contributed by atoms with Crippen LogP contribution in [0.1, 0.15) is 11.1 Å². The molecule has 0 saturated carbocycles. The monoisotopic (exact) mass is 532 g/mol. The normalized spacial score (nSPS) is 13.6. The lowest BCUT2D eigenvalue weighted by molar-refractivity contribution is -0.113. The molecule has 4 rings (SSSR count). The molecule has 0 radical (unpaired) electrons. The smallest absolute Gasteiger partial charge is 0.404 e. The van der Waals surface area contributed by atoms with Crippen LogP contribution in [0.5, 0.6) is 0 Å². The van der Waals surface area contributed by atoms with Crippen molar-refractivity contribution in [3.05, 3.63) is 75.8 Å². The van der Waals surface area contributed by atoms with E-state index in [1.807, 2.05) is 30.3 Å². The third kappa shape index (κ3) is 7.71. The van der Waals surface area contributed by atoms with E-state index in [-0.39, 0.29) is 12.5 Å². The van der Waals surface area contributed by atoms with Gasteiger partial charge in [-0.05, 0) is 59.3 Å². The Labute approximate surface area is 214 Å². The Bertz CT molecular complexity index is 1350. The second kappa shape index (κ2) is 12.2. The number of hydrogen-bond donors (Lipinski definition) is 3. The summed E-state index contributed by atoms with van der Waals surface area (Å²) in [5.41, 5.74) is 2.25. The van der Waals surface area contributed by atoms with Crippen LogP contribution in [0.3, 0.4) is 0 Å². The number of thioether (sulfide) groups is 1. The second-order valence-electron chi connectivity index (χ2n) is 6.83. The maximum Gasteiger partial charge on any atom is 0.404 e. The van der Waals surface area contributed by atoms with E-state index >= 15 is 0 Å². The highest BCUT2D eigenvalue weighted by molar-refractivity contribution is 8.18. The van der Waals surface area contributed by atoms with Crippen LogP contribution in [-0.2, 0) is 16.1 Å². The largest absolute Gasteiger partial charge is 0.465 e. The Balaban J connectivity index is 0.000000623. The van der Waals surface area contributed by atoms with Gasteiger partial charge in [0.05, 0.1) is 28.2 Å². The van der Waals surface area contributed by atoms with Gasteiger partial charge >= 0.3 is 11.5 Å². The molecular weight excluding hydrogens is 515 g/mol. The summed E-state index contributed by atoms with van der Waals surface area (Å²) >= 11 is 12.0. The Morgan fingerprint density at radius 2 is 1.97 bits per heavy atom. The molecular formula is C23H18Cl2N4O5S. The van der Waals surface area contributed by atoms with Crippen LogP contribution in [0.25, 0.3) is 17.0 Å². The molecule has 1 aromatic heterocycles. The van der Waals surface area contributed by atoms with Gasteiger partial charge in [0.1, 0.15) is 0 Å². The van der Waals surface area contributed by atoms with Gasteiger partial charge in [-0.2, -0.15) is 4.99 Å². The van der Waals surface area contributed by atoms with Crippen LogP contribution in [-0.4, -0.2) is 39.8 Å². The number of methoxy groups -OCH3 is 1. The average Bonchev–Trinajstić information content (AvgIpc) is 3.18. The molecule has 1 aliphatic heterocycles. The summed E-state index contributed by atoms with van der Waals surface area (Å²) in [6.07, 6.45) is 2.41. The SMILES string of the molecule is COC(=O)Cl.O=C(O)NCc1ccc(Cl)c(NC2=NC(=O)C(=Cc3ccc4ncccc4c3)S2)c1. The fourth-order valence-corrected chi connectivity index (χ4v) is 3.86. The van der Waals surface area contributed by atoms with Gasteiger partial charge in [-0.1, -0.05) is 29.8 Å². The van der Waals surface area contributed by atoms with Crippen molar-refractivity contribution in [2.24, 2.45) is 4.99 Å². The number of benzene rings is 2. The van der Waals surface area contributed by atoms with E-state index in [0.717, 1.165) is 22.0 Å².